The Bertz CT molecular complexity index is 1040. The third kappa shape index (κ3) is 3.70. The monoisotopic (exact) mass is 402 g/mol. The van der Waals surface area contributed by atoms with Gasteiger partial charge in [-0.2, -0.15) is 0 Å². The van der Waals surface area contributed by atoms with E-state index in [1.807, 2.05) is 58.3 Å². The number of aromatic nitrogens is 2. The van der Waals surface area contributed by atoms with E-state index in [1.54, 1.807) is 0 Å². The summed E-state index contributed by atoms with van der Waals surface area (Å²) in [4.78, 5) is 36.9. The van der Waals surface area contributed by atoms with Gasteiger partial charge < -0.3 is 14.8 Å². The number of likely N-dealkylation sites (tertiary alicyclic amines) is 2. The topological polar surface area (TPSA) is 69.3 Å². The van der Waals surface area contributed by atoms with Crippen molar-refractivity contribution in [3.63, 3.8) is 0 Å². The van der Waals surface area contributed by atoms with Crippen LogP contribution in [-0.2, 0) is 11.3 Å². The van der Waals surface area contributed by atoms with Crippen LogP contribution in [0.2, 0.25) is 0 Å². The number of rotatable bonds is 4. The first-order valence-corrected chi connectivity index (χ1v) is 10.8. The molecule has 6 heteroatoms. The van der Waals surface area contributed by atoms with Crippen molar-refractivity contribution in [2.75, 3.05) is 19.6 Å². The normalized spacial score (nSPS) is 19.6. The second kappa shape index (κ2) is 7.94. The Balaban J connectivity index is 1.26. The minimum Gasteiger partial charge on any atom is -0.342 e. The molecule has 0 bridgehead atoms. The summed E-state index contributed by atoms with van der Waals surface area (Å²) in [6.07, 6.45) is 3.60. The number of hydrogen-bond donors (Lipinski definition) is 1. The van der Waals surface area contributed by atoms with E-state index >= 15 is 0 Å². The summed E-state index contributed by atoms with van der Waals surface area (Å²) in [5.41, 5.74) is 3.79. The van der Waals surface area contributed by atoms with E-state index in [0.29, 0.717) is 25.1 Å². The van der Waals surface area contributed by atoms with E-state index in [2.05, 4.69) is 4.98 Å². The highest BCUT2D eigenvalue weighted by atomic mass is 16.2. The fourth-order valence-electron chi connectivity index (χ4n) is 4.58. The zero-order chi connectivity index (χ0) is 20.5. The van der Waals surface area contributed by atoms with Crippen molar-refractivity contribution in [3.05, 3.63) is 65.5 Å². The number of imidazole rings is 1. The number of carbonyl (C=O) groups is 2. The van der Waals surface area contributed by atoms with Crippen molar-refractivity contribution in [1.29, 1.82) is 0 Å². The van der Waals surface area contributed by atoms with Gasteiger partial charge >= 0.3 is 0 Å². The molecule has 2 fully saturated rings. The van der Waals surface area contributed by atoms with E-state index in [-0.39, 0.29) is 17.7 Å². The first-order chi connectivity index (χ1) is 14.7. The van der Waals surface area contributed by atoms with Crippen molar-refractivity contribution in [3.8, 4) is 0 Å². The fraction of sp³-hybridized carbons (Fsp3) is 0.375. The minimum atomic E-state index is 0.0691. The molecule has 5 rings (SSSR count). The Labute approximate surface area is 175 Å². The number of nitrogens with zero attached hydrogens (tertiary/aromatic N) is 3. The lowest BCUT2D eigenvalue weighted by Crippen LogP contribution is -2.39. The van der Waals surface area contributed by atoms with Gasteiger partial charge in [-0.3, -0.25) is 9.59 Å². The van der Waals surface area contributed by atoms with E-state index < -0.39 is 0 Å². The third-order valence-corrected chi connectivity index (χ3v) is 6.25. The van der Waals surface area contributed by atoms with Gasteiger partial charge in [0.05, 0.1) is 11.0 Å². The predicted molar refractivity (Wildman–Crippen MR) is 115 cm³/mol. The number of carbonyl (C=O) groups excluding carboxylic acids is 2. The standard InChI is InChI=1S/C24H26N4O2/c29-22-8-4-13-27(22)15-17-9-11-18(12-10-17)24(30)28-14-3-5-19(16-28)23-25-20-6-1-2-7-21(20)26-23/h1-2,6-7,9-12,19H,3-5,8,13-16H2,(H,25,26). The molecule has 3 heterocycles. The predicted octanol–water partition coefficient (Wildman–Crippen LogP) is 3.71. The molecule has 1 aromatic heterocycles. The Morgan fingerprint density at radius 3 is 2.67 bits per heavy atom. The van der Waals surface area contributed by atoms with Crippen LogP contribution >= 0.6 is 0 Å². The average molecular weight is 402 g/mol. The number of amides is 2. The number of para-hydroxylation sites is 2. The number of aromatic amines is 1. The van der Waals surface area contributed by atoms with Gasteiger partial charge in [-0.1, -0.05) is 24.3 Å². The minimum absolute atomic E-state index is 0.0691. The van der Waals surface area contributed by atoms with Gasteiger partial charge in [0.2, 0.25) is 5.91 Å². The SMILES string of the molecule is O=C1CCCN1Cc1ccc(C(=O)N2CCCC(c3nc4ccccc4[nH]3)C2)cc1. The summed E-state index contributed by atoms with van der Waals surface area (Å²) >= 11 is 0. The van der Waals surface area contributed by atoms with E-state index in [4.69, 9.17) is 4.98 Å². The van der Waals surface area contributed by atoms with Crippen LogP contribution in [0.5, 0.6) is 0 Å². The average Bonchev–Trinajstić information content (AvgIpc) is 3.40. The van der Waals surface area contributed by atoms with Crippen LogP contribution in [0.25, 0.3) is 11.0 Å². The molecule has 0 aliphatic carbocycles. The molecule has 1 unspecified atom stereocenters. The van der Waals surface area contributed by atoms with Crippen LogP contribution in [0.4, 0.5) is 0 Å². The van der Waals surface area contributed by atoms with Crippen molar-refractivity contribution in [2.24, 2.45) is 0 Å². The summed E-state index contributed by atoms with van der Waals surface area (Å²) in [5.74, 6) is 1.49. The molecule has 2 saturated heterocycles. The molecule has 2 aliphatic rings. The van der Waals surface area contributed by atoms with Crippen LogP contribution in [-0.4, -0.2) is 51.2 Å². The second-order valence-corrected chi connectivity index (χ2v) is 8.35. The number of fused-ring (bicyclic) bond motifs is 1. The highest BCUT2D eigenvalue weighted by Crippen LogP contribution is 2.27. The summed E-state index contributed by atoms with van der Waals surface area (Å²) in [7, 11) is 0. The lowest BCUT2D eigenvalue weighted by atomic mass is 9.96. The maximum absolute atomic E-state index is 13.1. The fourth-order valence-corrected chi connectivity index (χ4v) is 4.58. The number of nitrogens with one attached hydrogen (secondary N) is 1. The number of piperidine rings is 1. The molecule has 0 spiro atoms. The largest absolute Gasteiger partial charge is 0.342 e. The molecule has 1 N–H and O–H groups in total. The maximum atomic E-state index is 13.1. The molecular formula is C24H26N4O2. The number of benzene rings is 2. The number of hydrogen-bond acceptors (Lipinski definition) is 3. The Morgan fingerprint density at radius 2 is 1.90 bits per heavy atom. The van der Waals surface area contributed by atoms with Crippen LogP contribution < -0.4 is 0 Å². The van der Waals surface area contributed by atoms with Crippen molar-refractivity contribution < 1.29 is 9.59 Å². The molecule has 154 valence electrons. The van der Waals surface area contributed by atoms with Gasteiger partial charge in [0.25, 0.3) is 5.91 Å². The van der Waals surface area contributed by atoms with Crippen molar-refractivity contribution in [1.82, 2.24) is 19.8 Å². The molecular weight excluding hydrogens is 376 g/mol. The highest BCUT2D eigenvalue weighted by molar-refractivity contribution is 5.94. The van der Waals surface area contributed by atoms with Gasteiger partial charge in [0.1, 0.15) is 5.82 Å². The van der Waals surface area contributed by atoms with E-state index in [1.165, 1.54) is 0 Å². The molecule has 6 nitrogen and oxygen atoms in total. The molecule has 1 atom stereocenters. The van der Waals surface area contributed by atoms with E-state index in [0.717, 1.165) is 54.8 Å². The summed E-state index contributed by atoms with van der Waals surface area (Å²) in [6, 6.07) is 15.8. The zero-order valence-electron chi connectivity index (χ0n) is 17.0. The lowest BCUT2D eigenvalue weighted by molar-refractivity contribution is -0.128. The molecule has 2 amide bonds. The van der Waals surface area contributed by atoms with Gasteiger partial charge in [-0.05, 0) is 49.1 Å². The molecule has 0 saturated carbocycles. The van der Waals surface area contributed by atoms with Gasteiger partial charge in [0, 0.05) is 44.1 Å². The van der Waals surface area contributed by atoms with Crippen molar-refractivity contribution >= 4 is 22.8 Å². The van der Waals surface area contributed by atoms with Gasteiger partial charge in [-0.15, -0.1) is 0 Å². The molecule has 0 radical (unpaired) electrons. The Hall–Kier alpha value is -3.15. The maximum Gasteiger partial charge on any atom is 0.253 e. The third-order valence-electron chi connectivity index (χ3n) is 6.25. The van der Waals surface area contributed by atoms with Gasteiger partial charge in [-0.25, -0.2) is 4.98 Å². The summed E-state index contributed by atoms with van der Waals surface area (Å²) < 4.78 is 0. The quantitative estimate of drug-likeness (QED) is 0.723. The van der Waals surface area contributed by atoms with Crippen LogP contribution in [0.15, 0.2) is 48.5 Å². The number of H-pyrrole nitrogens is 1. The summed E-state index contributed by atoms with van der Waals surface area (Å²) in [6.45, 7) is 2.92. The van der Waals surface area contributed by atoms with Crippen LogP contribution in [0.1, 0.15) is 53.3 Å². The lowest BCUT2D eigenvalue weighted by Gasteiger charge is -2.32. The first kappa shape index (κ1) is 18.9. The van der Waals surface area contributed by atoms with Crippen LogP contribution in [0.3, 0.4) is 0 Å². The first-order valence-electron chi connectivity index (χ1n) is 10.8. The van der Waals surface area contributed by atoms with E-state index in [9.17, 15) is 9.59 Å². The van der Waals surface area contributed by atoms with Gasteiger partial charge in [0.15, 0.2) is 0 Å². The Morgan fingerprint density at radius 1 is 1.07 bits per heavy atom. The smallest absolute Gasteiger partial charge is 0.253 e. The zero-order valence-corrected chi connectivity index (χ0v) is 17.0. The second-order valence-electron chi connectivity index (χ2n) is 8.35. The highest BCUT2D eigenvalue weighted by Gasteiger charge is 2.27. The molecule has 2 aromatic carbocycles. The van der Waals surface area contributed by atoms with Crippen molar-refractivity contribution in [2.45, 2.75) is 38.1 Å². The molecule has 3 aromatic rings. The molecule has 30 heavy (non-hydrogen) atoms. The molecule has 2 aliphatic heterocycles. The van der Waals surface area contributed by atoms with Crippen LogP contribution in [0, 0.1) is 0 Å². The Kier molecular flexibility index (Phi) is 4.99. The summed E-state index contributed by atoms with van der Waals surface area (Å²) in [5, 5.41) is 0.